The van der Waals surface area contributed by atoms with Crippen LogP contribution in [0.1, 0.15) is 33.6 Å². The molecule has 3 aliphatic carbocycles. The fourth-order valence-electron chi connectivity index (χ4n) is 3.13. The molecule has 0 amide bonds. The monoisotopic (exact) mass is 215 g/mol. The Morgan fingerprint density at radius 3 is 2.56 bits per heavy atom. The summed E-state index contributed by atoms with van der Waals surface area (Å²) in [5.41, 5.74) is 2.18. The summed E-state index contributed by atoms with van der Waals surface area (Å²) in [6.45, 7) is 5.63. The molecular weight excluding hydrogens is 200 g/mol. The van der Waals surface area contributed by atoms with Crippen molar-refractivity contribution in [3.63, 3.8) is 0 Å². The number of aliphatic hydroxyl groups is 1. The van der Waals surface area contributed by atoms with Crippen molar-refractivity contribution in [2.45, 2.75) is 39.2 Å². The third-order valence-corrected chi connectivity index (χ3v) is 4.41. The van der Waals surface area contributed by atoms with Crippen LogP contribution in [0.2, 0.25) is 0 Å². The van der Waals surface area contributed by atoms with Crippen LogP contribution in [-0.4, -0.2) is 16.5 Å². The van der Waals surface area contributed by atoms with E-state index in [1.54, 1.807) is 6.92 Å². The van der Waals surface area contributed by atoms with Gasteiger partial charge in [-0.05, 0) is 56.9 Å². The summed E-state index contributed by atoms with van der Waals surface area (Å²) in [6, 6.07) is 0. The predicted molar refractivity (Wildman–Crippen MR) is 60.5 cm³/mol. The van der Waals surface area contributed by atoms with Gasteiger partial charge in [0, 0.05) is 11.0 Å². The van der Waals surface area contributed by atoms with Crippen molar-refractivity contribution in [2.24, 2.45) is 5.41 Å². The third kappa shape index (κ3) is 0.897. The second-order valence-corrected chi connectivity index (χ2v) is 5.35. The molecule has 0 unspecified atom stereocenters. The van der Waals surface area contributed by atoms with Crippen LogP contribution in [0.5, 0.6) is 0 Å². The van der Waals surface area contributed by atoms with E-state index in [0.717, 1.165) is 29.6 Å². The molecule has 3 rings (SSSR count). The van der Waals surface area contributed by atoms with E-state index in [1.807, 2.05) is 19.9 Å². The Hall–Kier alpha value is -1.15. The topological polar surface area (TPSA) is 37.3 Å². The van der Waals surface area contributed by atoms with Gasteiger partial charge >= 0.3 is 0 Å². The minimum Gasteiger partial charge on any atom is -0.381 e. The minimum absolute atomic E-state index is 0.130. The average molecular weight is 215 g/mol. The molecule has 83 valence electrons. The largest absolute Gasteiger partial charge is 0.381 e. The van der Waals surface area contributed by atoms with Gasteiger partial charge in [0.1, 0.15) is 5.60 Å². The molecule has 1 N–H and O–H groups in total. The van der Waals surface area contributed by atoms with Crippen LogP contribution in [0.3, 0.4) is 0 Å². The SMILES string of the molecule is CC1=[C]C2=C(C)C3(CC3)[C@@](C)(O)C(=O)C2=C1. The summed E-state index contributed by atoms with van der Waals surface area (Å²) in [5.74, 6) is -0.130. The maximum atomic E-state index is 12.3. The van der Waals surface area contributed by atoms with Crippen molar-refractivity contribution in [2.75, 3.05) is 0 Å². The summed E-state index contributed by atoms with van der Waals surface area (Å²) in [4.78, 5) is 12.3. The van der Waals surface area contributed by atoms with E-state index in [2.05, 4.69) is 6.08 Å². The van der Waals surface area contributed by atoms with E-state index in [0.29, 0.717) is 5.57 Å². The van der Waals surface area contributed by atoms with Gasteiger partial charge < -0.3 is 5.11 Å². The van der Waals surface area contributed by atoms with Gasteiger partial charge in [0.05, 0.1) is 0 Å². The summed E-state index contributed by atoms with van der Waals surface area (Å²) in [6.07, 6.45) is 6.90. The lowest BCUT2D eigenvalue weighted by Crippen LogP contribution is -2.49. The highest BCUT2D eigenvalue weighted by Gasteiger charge is 2.64. The lowest BCUT2D eigenvalue weighted by molar-refractivity contribution is -0.137. The Bertz CT molecular complexity index is 497. The molecule has 3 aliphatic rings. The molecule has 0 heterocycles. The highest BCUT2D eigenvalue weighted by Crippen LogP contribution is 2.64. The summed E-state index contributed by atoms with van der Waals surface area (Å²) in [5, 5.41) is 10.5. The Morgan fingerprint density at radius 1 is 1.38 bits per heavy atom. The number of rotatable bonds is 0. The Morgan fingerprint density at radius 2 is 2.00 bits per heavy atom. The van der Waals surface area contributed by atoms with Gasteiger partial charge in [-0.3, -0.25) is 4.79 Å². The molecule has 1 radical (unpaired) electrons. The molecule has 0 saturated heterocycles. The number of carbonyl (C=O) groups excluding carboxylic acids is 1. The number of carbonyl (C=O) groups is 1. The van der Waals surface area contributed by atoms with Crippen LogP contribution < -0.4 is 0 Å². The van der Waals surface area contributed by atoms with Crippen LogP contribution in [0.25, 0.3) is 0 Å². The lowest BCUT2D eigenvalue weighted by Gasteiger charge is -2.38. The van der Waals surface area contributed by atoms with Crippen LogP contribution in [0.15, 0.2) is 28.4 Å². The number of ketones is 1. The first-order valence-electron chi connectivity index (χ1n) is 5.71. The zero-order valence-corrected chi connectivity index (χ0v) is 9.85. The van der Waals surface area contributed by atoms with Crippen molar-refractivity contribution in [3.05, 3.63) is 34.4 Å². The lowest BCUT2D eigenvalue weighted by atomic mass is 9.68. The maximum absolute atomic E-state index is 12.3. The molecule has 2 nitrogen and oxygen atoms in total. The quantitative estimate of drug-likeness (QED) is 0.672. The Labute approximate surface area is 95.4 Å². The molecule has 1 spiro atoms. The molecule has 0 aromatic carbocycles. The Kier molecular flexibility index (Phi) is 1.61. The smallest absolute Gasteiger partial charge is 0.195 e. The standard InChI is InChI=1S/C14H15O2/c1-8-6-10-9(2)14(4-5-14)13(3,16)12(15)11(10)7-8/h7,16H,4-5H2,1-3H3/t13-/m0/s1. The first-order valence-corrected chi connectivity index (χ1v) is 5.71. The van der Waals surface area contributed by atoms with Gasteiger partial charge in [0.15, 0.2) is 5.78 Å². The average Bonchev–Trinajstić information content (AvgIpc) is 2.94. The van der Waals surface area contributed by atoms with Crippen molar-refractivity contribution < 1.29 is 9.90 Å². The van der Waals surface area contributed by atoms with Gasteiger partial charge in [0.25, 0.3) is 0 Å². The van der Waals surface area contributed by atoms with Crippen LogP contribution >= 0.6 is 0 Å². The first-order chi connectivity index (χ1) is 7.40. The summed E-state index contributed by atoms with van der Waals surface area (Å²) < 4.78 is 0. The van der Waals surface area contributed by atoms with Crippen molar-refractivity contribution in [3.8, 4) is 0 Å². The van der Waals surface area contributed by atoms with E-state index in [9.17, 15) is 9.90 Å². The summed E-state index contributed by atoms with van der Waals surface area (Å²) >= 11 is 0. The molecule has 1 saturated carbocycles. The normalized spacial score (nSPS) is 35.1. The van der Waals surface area contributed by atoms with Crippen molar-refractivity contribution in [1.82, 2.24) is 0 Å². The van der Waals surface area contributed by atoms with Gasteiger partial charge in [-0.15, -0.1) is 0 Å². The number of hydrogen-bond donors (Lipinski definition) is 1. The van der Waals surface area contributed by atoms with E-state index in [-0.39, 0.29) is 11.2 Å². The molecule has 0 aromatic rings. The van der Waals surface area contributed by atoms with E-state index in [4.69, 9.17) is 0 Å². The van der Waals surface area contributed by atoms with E-state index in [1.165, 1.54) is 0 Å². The molecule has 2 heteroatoms. The molecule has 1 atom stereocenters. The van der Waals surface area contributed by atoms with Gasteiger partial charge in [0.2, 0.25) is 0 Å². The van der Waals surface area contributed by atoms with Gasteiger partial charge in [-0.2, -0.15) is 0 Å². The highest BCUT2D eigenvalue weighted by atomic mass is 16.3. The summed E-state index contributed by atoms with van der Waals surface area (Å²) in [7, 11) is 0. The fraction of sp³-hybridized carbons (Fsp3) is 0.500. The van der Waals surface area contributed by atoms with Crippen molar-refractivity contribution in [1.29, 1.82) is 0 Å². The maximum Gasteiger partial charge on any atom is 0.195 e. The highest BCUT2D eigenvalue weighted by molar-refractivity contribution is 6.09. The predicted octanol–water partition coefficient (Wildman–Crippen LogP) is 2.11. The van der Waals surface area contributed by atoms with E-state index < -0.39 is 5.60 Å². The number of hydrogen-bond acceptors (Lipinski definition) is 2. The zero-order chi connectivity index (χ0) is 11.7. The molecule has 0 aromatic heterocycles. The molecule has 1 fully saturated rings. The van der Waals surface area contributed by atoms with Crippen molar-refractivity contribution >= 4 is 5.78 Å². The van der Waals surface area contributed by atoms with Crippen LogP contribution in [-0.2, 0) is 4.79 Å². The second-order valence-electron chi connectivity index (χ2n) is 5.35. The number of fused-ring (bicyclic) bond motifs is 1. The Balaban J connectivity index is 2.28. The second kappa shape index (κ2) is 2.57. The van der Waals surface area contributed by atoms with Crippen LogP contribution in [0, 0.1) is 11.5 Å². The zero-order valence-electron chi connectivity index (χ0n) is 9.85. The fourth-order valence-corrected chi connectivity index (χ4v) is 3.13. The minimum atomic E-state index is -1.22. The molecule has 0 bridgehead atoms. The molecular formula is C14H15O2. The van der Waals surface area contributed by atoms with E-state index >= 15 is 0 Å². The van der Waals surface area contributed by atoms with Gasteiger partial charge in [-0.25, -0.2) is 0 Å². The first kappa shape index (κ1) is 10.0. The van der Waals surface area contributed by atoms with Gasteiger partial charge in [-0.1, -0.05) is 5.57 Å². The molecule has 0 aliphatic heterocycles. The number of allylic oxidation sites excluding steroid dienone is 4. The third-order valence-electron chi connectivity index (χ3n) is 4.41. The van der Waals surface area contributed by atoms with Crippen LogP contribution in [0.4, 0.5) is 0 Å². The number of Topliss-reactive ketones (excluding diaryl/α,β-unsaturated/α-hetero) is 1. The molecule has 16 heavy (non-hydrogen) atoms.